The van der Waals surface area contributed by atoms with Gasteiger partial charge in [0.15, 0.2) is 0 Å². The van der Waals surface area contributed by atoms with Crippen molar-refractivity contribution in [2.45, 2.75) is 35.7 Å². The SMILES string of the molecule is C[C@@H](CCSc1ccccc1)S[C@H](C)C(N)=O. The van der Waals surface area contributed by atoms with Gasteiger partial charge in [-0.2, -0.15) is 0 Å². The number of hydrogen-bond acceptors (Lipinski definition) is 3. The average Bonchev–Trinajstić information content (AvgIpc) is 2.30. The molecule has 0 aliphatic heterocycles. The zero-order valence-electron chi connectivity index (χ0n) is 10.3. The Kier molecular flexibility index (Phi) is 6.52. The van der Waals surface area contributed by atoms with Crippen molar-refractivity contribution in [1.29, 1.82) is 0 Å². The molecule has 0 unspecified atom stereocenters. The lowest BCUT2D eigenvalue weighted by molar-refractivity contribution is -0.117. The van der Waals surface area contributed by atoms with Gasteiger partial charge in [-0.1, -0.05) is 25.1 Å². The Labute approximate surface area is 112 Å². The molecule has 4 heteroatoms. The molecule has 2 nitrogen and oxygen atoms in total. The molecular formula is C13H19NOS2. The molecule has 1 aromatic rings. The van der Waals surface area contributed by atoms with Crippen LogP contribution in [0.4, 0.5) is 0 Å². The second-order valence-electron chi connectivity index (χ2n) is 3.94. The molecule has 0 saturated carbocycles. The van der Waals surface area contributed by atoms with Crippen molar-refractivity contribution in [3.05, 3.63) is 30.3 Å². The molecule has 0 aromatic heterocycles. The van der Waals surface area contributed by atoms with Crippen LogP contribution in [0.5, 0.6) is 0 Å². The number of hydrogen-bond donors (Lipinski definition) is 1. The lowest BCUT2D eigenvalue weighted by atomic mass is 10.4. The molecule has 0 bridgehead atoms. The van der Waals surface area contributed by atoms with Gasteiger partial charge in [0.1, 0.15) is 0 Å². The van der Waals surface area contributed by atoms with Gasteiger partial charge in [0.05, 0.1) is 5.25 Å². The Morgan fingerprint density at radius 1 is 1.29 bits per heavy atom. The van der Waals surface area contributed by atoms with E-state index in [0.29, 0.717) is 5.25 Å². The summed E-state index contributed by atoms with van der Waals surface area (Å²) in [5.74, 6) is 0.849. The van der Waals surface area contributed by atoms with Gasteiger partial charge in [-0.15, -0.1) is 23.5 Å². The molecule has 2 atom stereocenters. The lowest BCUT2D eigenvalue weighted by Gasteiger charge is -2.14. The predicted molar refractivity (Wildman–Crippen MR) is 77.5 cm³/mol. The molecule has 0 saturated heterocycles. The fraction of sp³-hybridized carbons (Fsp3) is 0.462. The monoisotopic (exact) mass is 269 g/mol. The molecule has 0 spiro atoms. The van der Waals surface area contributed by atoms with Gasteiger partial charge in [0.2, 0.25) is 5.91 Å². The van der Waals surface area contributed by atoms with Crippen molar-refractivity contribution in [1.82, 2.24) is 0 Å². The van der Waals surface area contributed by atoms with Crippen LogP contribution in [0, 0.1) is 0 Å². The van der Waals surface area contributed by atoms with Crippen LogP contribution in [0.1, 0.15) is 20.3 Å². The van der Waals surface area contributed by atoms with Gasteiger partial charge in [-0.25, -0.2) is 0 Å². The summed E-state index contributed by atoms with van der Waals surface area (Å²) < 4.78 is 0. The lowest BCUT2D eigenvalue weighted by Crippen LogP contribution is -2.24. The van der Waals surface area contributed by atoms with Gasteiger partial charge in [0, 0.05) is 10.1 Å². The van der Waals surface area contributed by atoms with E-state index >= 15 is 0 Å². The molecule has 1 rings (SSSR count). The van der Waals surface area contributed by atoms with E-state index in [1.807, 2.05) is 24.8 Å². The summed E-state index contributed by atoms with van der Waals surface area (Å²) in [6, 6.07) is 10.4. The molecule has 1 aromatic carbocycles. The molecule has 0 aliphatic carbocycles. The average molecular weight is 269 g/mol. The maximum absolute atomic E-state index is 10.9. The van der Waals surface area contributed by atoms with Gasteiger partial charge in [0.25, 0.3) is 0 Å². The molecule has 17 heavy (non-hydrogen) atoms. The Hall–Kier alpha value is -0.610. The summed E-state index contributed by atoms with van der Waals surface area (Å²) in [7, 11) is 0. The summed E-state index contributed by atoms with van der Waals surface area (Å²) in [5, 5.41) is 0.375. The molecular weight excluding hydrogens is 250 g/mol. The first-order chi connectivity index (χ1) is 8.09. The first-order valence-corrected chi connectivity index (χ1v) is 7.65. The van der Waals surface area contributed by atoms with E-state index in [1.54, 1.807) is 11.8 Å². The van der Waals surface area contributed by atoms with Crippen LogP contribution in [0.25, 0.3) is 0 Å². The minimum Gasteiger partial charge on any atom is -0.369 e. The van der Waals surface area contributed by atoms with Gasteiger partial charge in [-0.05, 0) is 31.2 Å². The van der Waals surface area contributed by atoms with Crippen LogP contribution in [-0.2, 0) is 4.79 Å². The third kappa shape index (κ3) is 6.03. The van der Waals surface area contributed by atoms with Crippen molar-refractivity contribution < 1.29 is 4.79 Å². The summed E-state index contributed by atoms with van der Waals surface area (Å²) in [5.41, 5.74) is 5.24. The highest BCUT2D eigenvalue weighted by Gasteiger charge is 2.13. The van der Waals surface area contributed by atoms with E-state index < -0.39 is 0 Å². The van der Waals surface area contributed by atoms with Crippen molar-refractivity contribution in [3.8, 4) is 0 Å². The fourth-order valence-corrected chi connectivity index (χ4v) is 3.63. The topological polar surface area (TPSA) is 43.1 Å². The summed E-state index contributed by atoms with van der Waals surface area (Å²) in [6.07, 6.45) is 1.09. The number of carbonyl (C=O) groups is 1. The second-order valence-corrected chi connectivity index (χ2v) is 6.89. The largest absolute Gasteiger partial charge is 0.369 e. The molecule has 2 N–H and O–H groups in total. The smallest absolute Gasteiger partial charge is 0.230 e. The predicted octanol–water partition coefficient (Wildman–Crippen LogP) is 3.16. The van der Waals surface area contributed by atoms with Gasteiger partial charge < -0.3 is 5.73 Å². The van der Waals surface area contributed by atoms with Crippen LogP contribution in [0.2, 0.25) is 0 Å². The summed E-state index contributed by atoms with van der Waals surface area (Å²) in [6.45, 7) is 4.02. The molecule has 0 heterocycles. The fourth-order valence-electron chi connectivity index (χ4n) is 1.34. The number of nitrogens with two attached hydrogens (primary N) is 1. The molecule has 0 radical (unpaired) electrons. The molecule has 1 amide bonds. The van der Waals surface area contributed by atoms with Gasteiger partial charge >= 0.3 is 0 Å². The van der Waals surface area contributed by atoms with E-state index in [2.05, 4.69) is 31.2 Å². The molecule has 0 aliphatic rings. The van der Waals surface area contributed by atoms with Crippen molar-refractivity contribution in [3.63, 3.8) is 0 Å². The number of rotatable bonds is 7. The Bertz CT molecular complexity index is 343. The van der Waals surface area contributed by atoms with Crippen LogP contribution < -0.4 is 5.73 Å². The Balaban J connectivity index is 2.20. The quantitative estimate of drug-likeness (QED) is 0.773. The zero-order chi connectivity index (χ0) is 12.7. The van der Waals surface area contributed by atoms with E-state index in [9.17, 15) is 4.79 Å². The highest BCUT2D eigenvalue weighted by molar-refractivity contribution is 8.01. The van der Waals surface area contributed by atoms with E-state index in [1.165, 1.54) is 4.90 Å². The highest BCUT2D eigenvalue weighted by Crippen LogP contribution is 2.24. The second kappa shape index (κ2) is 7.67. The third-order valence-electron chi connectivity index (χ3n) is 2.37. The zero-order valence-corrected chi connectivity index (χ0v) is 11.9. The van der Waals surface area contributed by atoms with E-state index in [4.69, 9.17) is 5.73 Å². The van der Waals surface area contributed by atoms with Crippen LogP contribution >= 0.6 is 23.5 Å². The summed E-state index contributed by atoms with van der Waals surface area (Å²) >= 11 is 3.51. The minimum atomic E-state index is -0.224. The number of thioether (sulfide) groups is 2. The first-order valence-electron chi connectivity index (χ1n) is 5.72. The normalized spacial score (nSPS) is 14.2. The van der Waals surface area contributed by atoms with Crippen LogP contribution in [-0.4, -0.2) is 22.2 Å². The standard InChI is InChI=1S/C13H19NOS2/c1-10(17-11(2)13(14)15)8-9-16-12-6-4-3-5-7-12/h3-7,10-11H,8-9H2,1-2H3,(H2,14,15)/t10-,11+/m0/s1. The number of amides is 1. The van der Waals surface area contributed by atoms with Crippen LogP contribution in [0.15, 0.2) is 35.2 Å². The Morgan fingerprint density at radius 3 is 2.53 bits per heavy atom. The van der Waals surface area contributed by atoms with Crippen molar-refractivity contribution >= 4 is 29.4 Å². The number of primary amides is 1. The van der Waals surface area contributed by atoms with Crippen LogP contribution in [0.3, 0.4) is 0 Å². The number of carbonyl (C=O) groups excluding carboxylic acids is 1. The third-order valence-corrected chi connectivity index (χ3v) is 4.76. The summed E-state index contributed by atoms with van der Waals surface area (Å²) in [4.78, 5) is 12.2. The highest BCUT2D eigenvalue weighted by atomic mass is 32.2. The van der Waals surface area contributed by atoms with E-state index in [-0.39, 0.29) is 11.2 Å². The van der Waals surface area contributed by atoms with E-state index in [0.717, 1.165) is 12.2 Å². The molecule has 94 valence electrons. The number of benzene rings is 1. The van der Waals surface area contributed by atoms with Gasteiger partial charge in [-0.3, -0.25) is 4.79 Å². The maximum Gasteiger partial charge on any atom is 0.230 e. The van der Waals surface area contributed by atoms with Crippen molar-refractivity contribution in [2.24, 2.45) is 5.73 Å². The Morgan fingerprint density at radius 2 is 1.94 bits per heavy atom. The maximum atomic E-state index is 10.9. The molecule has 0 fully saturated rings. The minimum absolute atomic E-state index is 0.0910. The van der Waals surface area contributed by atoms with Crippen molar-refractivity contribution in [2.75, 3.05) is 5.75 Å². The first kappa shape index (κ1) is 14.5.